The van der Waals surface area contributed by atoms with Crippen LogP contribution >= 0.6 is 0 Å². The maximum Gasteiger partial charge on any atom is 0.126 e. The number of H-pyrrole nitrogens is 1. The van der Waals surface area contributed by atoms with Crippen LogP contribution in [0.25, 0.3) is 22.5 Å². The van der Waals surface area contributed by atoms with E-state index in [1.54, 1.807) is 13.3 Å². The van der Waals surface area contributed by atoms with E-state index in [4.69, 9.17) is 9.72 Å². The molecular weight excluding hydrogens is 336 g/mol. The molecule has 0 aliphatic rings. The first-order valence-corrected chi connectivity index (χ1v) is 8.91. The van der Waals surface area contributed by atoms with Crippen LogP contribution in [-0.4, -0.2) is 26.6 Å². The summed E-state index contributed by atoms with van der Waals surface area (Å²) < 4.78 is 7.64. The smallest absolute Gasteiger partial charge is 0.126 e. The van der Waals surface area contributed by atoms with Gasteiger partial charge in [0, 0.05) is 23.5 Å². The van der Waals surface area contributed by atoms with Crippen molar-refractivity contribution in [2.45, 2.75) is 20.4 Å². The summed E-state index contributed by atoms with van der Waals surface area (Å²) in [4.78, 5) is 12.3. The van der Waals surface area contributed by atoms with Gasteiger partial charge in [-0.05, 0) is 37.1 Å². The largest absolute Gasteiger partial charge is 0.496 e. The van der Waals surface area contributed by atoms with Gasteiger partial charge in [-0.15, -0.1) is 0 Å². The van der Waals surface area contributed by atoms with Gasteiger partial charge in [-0.3, -0.25) is 0 Å². The molecule has 136 valence electrons. The minimum Gasteiger partial charge on any atom is -0.496 e. The van der Waals surface area contributed by atoms with Crippen LogP contribution in [0.15, 0.2) is 61.2 Å². The van der Waals surface area contributed by atoms with E-state index in [0.29, 0.717) is 6.54 Å². The van der Waals surface area contributed by atoms with Crippen LogP contribution in [0.1, 0.15) is 17.0 Å². The molecule has 2 heterocycles. The Balaban J connectivity index is 1.91. The van der Waals surface area contributed by atoms with Crippen LogP contribution in [0.5, 0.6) is 5.75 Å². The molecule has 0 radical (unpaired) electrons. The molecule has 0 unspecified atom stereocenters. The number of benzene rings is 2. The minimum absolute atomic E-state index is 0.632. The van der Waals surface area contributed by atoms with Crippen molar-refractivity contribution in [3.05, 3.63) is 78.1 Å². The summed E-state index contributed by atoms with van der Waals surface area (Å²) in [5.74, 6) is 1.80. The van der Waals surface area contributed by atoms with E-state index in [2.05, 4.69) is 52.6 Å². The third-order valence-electron chi connectivity index (χ3n) is 4.76. The Bertz CT molecular complexity index is 1050. The van der Waals surface area contributed by atoms with Gasteiger partial charge >= 0.3 is 0 Å². The molecule has 2 aromatic heterocycles. The predicted molar refractivity (Wildman–Crippen MR) is 107 cm³/mol. The van der Waals surface area contributed by atoms with E-state index in [1.807, 2.05) is 30.7 Å². The number of aromatic amines is 1. The maximum atomic E-state index is 5.49. The molecule has 0 saturated heterocycles. The van der Waals surface area contributed by atoms with Crippen molar-refractivity contribution in [2.75, 3.05) is 7.11 Å². The van der Waals surface area contributed by atoms with Crippen LogP contribution in [-0.2, 0) is 6.54 Å². The quantitative estimate of drug-likeness (QED) is 0.567. The number of methoxy groups -OCH3 is 1. The van der Waals surface area contributed by atoms with Crippen LogP contribution in [0.4, 0.5) is 0 Å². The number of nitrogens with one attached hydrogen (secondary N) is 1. The van der Waals surface area contributed by atoms with Crippen LogP contribution < -0.4 is 4.74 Å². The van der Waals surface area contributed by atoms with Crippen molar-refractivity contribution in [3.8, 4) is 28.3 Å². The molecule has 4 aromatic rings. The normalized spacial score (nSPS) is 10.9. The zero-order valence-corrected chi connectivity index (χ0v) is 15.7. The fourth-order valence-corrected chi connectivity index (χ4v) is 3.40. The number of nitrogens with zero attached hydrogens (tertiary/aromatic N) is 3. The van der Waals surface area contributed by atoms with Gasteiger partial charge in [-0.2, -0.15) is 0 Å². The molecule has 5 heteroatoms. The SMILES string of the molecule is COc1cc(C)c(-c2c(-c3ccccc3)ncn2Cc2ncc[nH]2)cc1C. The zero-order chi connectivity index (χ0) is 18.8. The van der Waals surface area contributed by atoms with E-state index in [-0.39, 0.29) is 0 Å². The van der Waals surface area contributed by atoms with Gasteiger partial charge in [0.25, 0.3) is 0 Å². The fourth-order valence-electron chi connectivity index (χ4n) is 3.40. The van der Waals surface area contributed by atoms with Gasteiger partial charge < -0.3 is 14.3 Å². The first-order valence-electron chi connectivity index (χ1n) is 8.91. The monoisotopic (exact) mass is 358 g/mol. The minimum atomic E-state index is 0.632. The maximum absolute atomic E-state index is 5.49. The Kier molecular flexibility index (Phi) is 4.50. The highest BCUT2D eigenvalue weighted by atomic mass is 16.5. The molecule has 0 aliphatic heterocycles. The van der Waals surface area contributed by atoms with Gasteiger partial charge in [0.1, 0.15) is 11.6 Å². The predicted octanol–water partition coefficient (Wildman–Crippen LogP) is 4.61. The molecule has 5 nitrogen and oxygen atoms in total. The number of aromatic nitrogens is 4. The van der Waals surface area contributed by atoms with E-state index in [0.717, 1.165) is 45.2 Å². The lowest BCUT2D eigenvalue weighted by Gasteiger charge is -2.15. The van der Waals surface area contributed by atoms with E-state index in [9.17, 15) is 0 Å². The molecule has 0 saturated carbocycles. The first kappa shape index (κ1) is 17.1. The molecule has 0 aliphatic carbocycles. The molecule has 0 spiro atoms. The number of hydrogen-bond acceptors (Lipinski definition) is 3. The molecule has 0 bridgehead atoms. The number of hydrogen-bond donors (Lipinski definition) is 1. The van der Waals surface area contributed by atoms with Crippen LogP contribution in [0.2, 0.25) is 0 Å². The summed E-state index contributed by atoms with van der Waals surface area (Å²) >= 11 is 0. The standard InChI is InChI=1S/C22H22N4O/c1-15-12-19(27-3)16(2)11-18(15)22-21(17-7-5-4-6-8-17)25-14-26(22)13-20-23-9-10-24-20/h4-12,14H,13H2,1-3H3,(H,23,24). The van der Waals surface area contributed by atoms with E-state index in [1.165, 1.54) is 0 Å². The lowest BCUT2D eigenvalue weighted by atomic mass is 9.98. The fraction of sp³-hybridized carbons (Fsp3) is 0.182. The number of ether oxygens (including phenoxy) is 1. The Labute approximate surface area is 158 Å². The van der Waals surface area contributed by atoms with Crippen molar-refractivity contribution < 1.29 is 4.74 Å². The summed E-state index contributed by atoms with van der Waals surface area (Å²) in [5.41, 5.74) is 6.55. The average molecular weight is 358 g/mol. The Morgan fingerprint density at radius 3 is 2.56 bits per heavy atom. The highest BCUT2D eigenvalue weighted by Gasteiger charge is 2.18. The molecule has 0 fully saturated rings. The number of imidazole rings is 2. The Morgan fingerprint density at radius 1 is 1.04 bits per heavy atom. The second-order valence-electron chi connectivity index (χ2n) is 6.61. The van der Waals surface area contributed by atoms with Gasteiger partial charge in [0.15, 0.2) is 0 Å². The van der Waals surface area contributed by atoms with Gasteiger partial charge in [0.2, 0.25) is 0 Å². The molecule has 27 heavy (non-hydrogen) atoms. The molecule has 1 N–H and O–H groups in total. The summed E-state index contributed by atoms with van der Waals surface area (Å²) in [5, 5.41) is 0. The average Bonchev–Trinajstić information content (AvgIpc) is 3.34. The van der Waals surface area contributed by atoms with Crippen molar-refractivity contribution in [3.63, 3.8) is 0 Å². The first-order chi connectivity index (χ1) is 13.2. The van der Waals surface area contributed by atoms with Crippen LogP contribution in [0.3, 0.4) is 0 Å². The topological polar surface area (TPSA) is 55.7 Å². The van der Waals surface area contributed by atoms with Gasteiger partial charge in [-0.25, -0.2) is 9.97 Å². The number of aryl methyl sites for hydroxylation is 2. The zero-order valence-electron chi connectivity index (χ0n) is 15.7. The van der Waals surface area contributed by atoms with Crippen molar-refractivity contribution in [2.24, 2.45) is 0 Å². The summed E-state index contributed by atoms with van der Waals surface area (Å²) in [6.07, 6.45) is 5.50. The molecule has 2 aromatic carbocycles. The van der Waals surface area contributed by atoms with E-state index < -0.39 is 0 Å². The lowest BCUT2D eigenvalue weighted by Crippen LogP contribution is -2.04. The van der Waals surface area contributed by atoms with Gasteiger partial charge in [-0.1, -0.05) is 30.3 Å². The molecule has 0 atom stereocenters. The second kappa shape index (κ2) is 7.11. The molecule has 4 rings (SSSR count). The van der Waals surface area contributed by atoms with Crippen LogP contribution in [0, 0.1) is 13.8 Å². The second-order valence-corrected chi connectivity index (χ2v) is 6.61. The summed E-state index contributed by atoms with van der Waals surface area (Å²) in [6, 6.07) is 14.5. The Morgan fingerprint density at radius 2 is 1.85 bits per heavy atom. The summed E-state index contributed by atoms with van der Waals surface area (Å²) in [7, 11) is 1.71. The van der Waals surface area contributed by atoms with E-state index >= 15 is 0 Å². The molecular formula is C22H22N4O. The van der Waals surface area contributed by atoms with Gasteiger partial charge in [0.05, 0.1) is 31.4 Å². The Hall–Kier alpha value is -3.34. The third kappa shape index (κ3) is 3.24. The lowest BCUT2D eigenvalue weighted by molar-refractivity contribution is 0.411. The van der Waals surface area contributed by atoms with Crippen molar-refractivity contribution >= 4 is 0 Å². The highest BCUT2D eigenvalue weighted by molar-refractivity contribution is 5.81. The highest BCUT2D eigenvalue weighted by Crippen LogP contribution is 2.36. The van der Waals surface area contributed by atoms with Crippen molar-refractivity contribution in [1.82, 2.24) is 19.5 Å². The summed E-state index contributed by atoms with van der Waals surface area (Å²) in [6.45, 7) is 4.81. The van der Waals surface area contributed by atoms with Crippen molar-refractivity contribution in [1.29, 1.82) is 0 Å². The third-order valence-corrected chi connectivity index (χ3v) is 4.76. The molecule has 0 amide bonds. The number of rotatable bonds is 5.